The lowest BCUT2D eigenvalue weighted by Crippen LogP contribution is -2.48. The molecule has 0 aromatic heterocycles. The van der Waals surface area contributed by atoms with Crippen molar-refractivity contribution < 1.29 is 4.74 Å². The second-order valence-corrected chi connectivity index (χ2v) is 4.94. The minimum atomic E-state index is 0.260. The molecule has 0 amide bonds. The van der Waals surface area contributed by atoms with Crippen molar-refractivity contribution in [1.82, 2.24) is 4.90 Å². The van der Waals surface area contributed by atoms with Crippen molar-refractivity contribution in [3.05, 3.63) is 35.9 Å². The smallest absolute Gasteiger partial charge is 0.0978 e. The van der Waals surface area contributed by atoms with Crippen molar-refractivity contribution in [2.75, 3.05) is 13.2 Å². The molecule has 2 nitrogen and oxygen atoms in total. The van der Waals surface area contributed by atoms with Gasteiger partial charge >= 0.3 is 0 Å². The minimum absolute atomic E-state index is 0.260. The number of fused-ring (bicyclic) bond motifs is 1. The highest BCUT2D eigenvalue weighted by Crippen LogP contribution is 2.34. The van der Waals surface area contributed by atoms with E-state index in [0.717, 1.165) is 6.61 Å². The van der Waals surface area contributed by atoms with Crippen molar-refractivity contribution in [3.8, 4) is 0 Å². The number of morpholine rings is 1. The van der Waals surface area contributed by atoms with Gasteiger partial charge in [-0.15, -0.1) is 0 Å². The van der Waals surface area contributed by atoms with E-state index in [9.17, 15) is 0 Å². The molecule has 2 aliphatic heterocycles. The molecular formula is C14H19NO. The van der Waals surface area contributed by atoms with E-state index in [-0.39, 0.29) is 6.10 Å². The van der Waals surface area contributed by atoms with Crippen molar-refractivity contribution in [3.63, 3.8) is 0 Å². The van der Waals surface area contributed by atoms with E-state index < -0.39 is 0 Å². The van der Waals surface area contributed by atoms with Crippen LogP contribution >= 0.6 is 0 Å². The van der Waals surface area contributed by atoms with Gasteiger partial charge in [0.05, 0.1) is 12.7 Å². The van der Waals surface area contributed by atoms with Crippen LogP contribution in [0, 0.1) is 0 Å². The number of hydrogen-bond donors (Lipinski definition) is 0. The monoisotopic (exact) mass is 217 g/mol. The lowest BCUT2D eigenvalue weighted by molar-refractivity contribution is -0.0856. The van der Waals surface area contributed by atoms with Crippen molar-refractivity contribution >= 4 is 0 Å². The lowest BCUT2D eigenvalue weighted by Gasteiger charge is -2.41. The van der Waals surface area contributed by atoms with Gasteiger partial charge in [-0.3, -0.25) is 4.90 Å². The van der Waals surface area contributed by atoms with Crippen LogP contribution in [-0.2, 0) is 4.74 Å². The van der Waals surface area contributed by atoms with Gasteiger partial charge in [0.15, 0.2) is 0 Å². The van der Waals surface area contributed by atoms with Crippen LogP contribution in [0.3, 0.4) is 0 Å². The third-order valence-electron chi connectivity index (χ3n) is 3.98. The standard InChI is InChI=1S/C14H19NO/c1-11-14(12-6-3-2-4-7-12)16-10-13-8-5-9-15(11)13/h2-4,6-7,11,13-14H,5,8-10H2,1H3/t11-,13-,14-/m0/s1. The number of benzene rings is 1. The first-order chi connectivity index (χ1) is 7.86. The van der Waals surface area contributed by atoms with Crippen LogP contribution in [0.2, 0.25) is 0 Å². The summed E-state index contributed by atoms with van der Waals surface area (Å²) in [5.74, 6) is 0. The van der Waals surface area contributed by atoms with Gasteiger partial charge in [0.2, 0.25) is 0 Å². The fourth-order valence-corrected chi connectivity index (χ4v) is 3.12. The van der Waals surface area contributed by atoms with Crippen molar-refractivity contribution in [2.45, 2.75) is 38.0 Å². The van der Waals surface area contributed by atoms with Gasteiger partial charge in [-0.05, 0) is 31.9 Å². The molecule has 16 heavy (non-hydrogen) atoms. The first kappa shape index (κ1) is 10.3. The van der Waals surface area contributed by atoms with Gasteiger partial charge in [-0.2, -0.15) is 0 Å². The Hall–Kier alpha value is -0.860. The summed E-state index contributed by atoms with van der Waals surface area (Å²) < 4.78 is 6.05. The molecule has 0 N–H and O–H groups in total. The molecule has 86 valence electrons. The summed E-state index contributed by atoms with van der Waals surface area (Å²) in [5.41, 5.74) is 1.32. The molecule has 0 radical (unpaired) electrons. The Morgan fingerprint density at radius 2 is 2.06 bits per heavy atom. The molecule has 2 heteroatoms. The van der Waals surface area contributed by atoms with Gasteiger partial charge in [-0.1, -0.05) is 30.3 Å². The second-order valence-electron chi connectivity index (χ2n) is 4.94. The lowest BCUT2D eigenvalue weighted by atomic mass is 9.99. The average Bonchev–Trinajstić information content (AvgIpc) is 2.80. The van der Waals surface area contributed by atoms with Crippen LogP contribution in [0.25, 0.3) is 0 Å². The highest BCUT2D eigenvalue weighted by molar-refractivity contribution is 5.20. The summed E-state index contributed by atoms with van der Waals surface area (Å²) in [7, 11) is 0. The van der Waals surface area contributed by atoms with Crippen LogP contribution in [0.1, 0.15) is 31.4 Å². The largest absolute Gasteiger partial charge is 0.370 e. The van der Waals surface area contributed by atoms with Crippen LogP contribution in [-0.4, -0.2) is 30.1 Å². The number of rotatable bonds is 1. The highest BCUT2D eigenvalue weighted by Gasteiger charge is 2.38. The van der Waals surface area contributed by atoms with Gasteiger partial charge in [0, 0.05) is 12.1 Å². The Bertz CT molecular complexity index is 351. The molecule has 2 fully saturated rings. The minimum Gasteiger partial charge on any atom is -0.370 e. The highest BCUT2D eigenvalue weighted by atomic mass is 16.5. The fourth-order valence-electron chi connectivity index (χ4n) is 3.12. The van der Waals surface area contributed by atoms with E-state index in [1.54, 1.807) is 0 Å². The normalized spacial score (nSPS) is 34.9. The summed E-state index contributed by atoms with van der Waals surface area (Å²) >= 11 is 0. The van der Waals surface area contributed by atoms with E-state index in [1.165, 1.54) is 24.9 Å². The van der Waals surface area contributed by atoms with Crippen LogP contribution in [0.5, 0.6) is 0 Å². The predicted molar refractivity (Wildman–Crippen MR) is 64.3 cm³/mol. The number of nitrogens with zero attached hydrogens (tertiary/aromatic N) is 1. The first-order valence-corrected chi connectivity index (χ1v) is 6.28. The van der Waals surface area contributed by atoms with Crippen LogP contribution < -0.4 is 0 Å². The molecular weight excluding hydrogens is 198 g/mol. The Balaban J connectivity index is 1.82. The molecule has 0 aliphatic carbocycles. The maximum atomic E-state index is 6.05. The summed E-state index contributed by atoms with van der Waals surface area (Å²) in [6.07, 6.45) is 2.90. The number of ether oxygens (including phenoxy) is 1. The Labute approximate surface area is 97.2 Å². The Kier molecular flexibility index (Phi) is 2.70. The Morgan fingerprint density at radius 3 is 2.88 bits per heavy atom. The topological polar surface area (TPSA) is 12.5 Å². The first-order valence-electron chi connectivity index (χ1n) is 6.28. The van der Waals surface area contributed by atoms with Crippen molar-refractivity contribution in [2.24, 2.45) is 0 Å². The summed E-state index contributed by atoms with van der Waals surface area (Å²) in [4.78, 5) is 2.63. The average molecular weight is 217 g/mol. The van der Waals surface area contributed by atoms with Gasteiger partial charge in [0.25, 0.3) is 0 Å². The molecule has 0 saturated carbocycles. The molecule has 2 saturated heterocycles. The molecule has 0 spiro atoms. The zero-order valence-corrected chi connectivity index (χ0v) is 9.80. The van der Waals surface area contributed by atoms with Gasteiger partial charge in [0.1, 0.15) is 0 Å². The van der Waals surface area contributed by atoms with E-state index in [1.807, 2.05) is 0 Å². The molecule has 1 aromatic rings. The van der Waals surface area contributed by atoms with E-state index in [0.29, 0.717) is 12.1 Å². The third kappa shape index (κ3) is 1.66. The summed E-state index contributed by atoms with van der Waals surface area (Å²) in [6.45, 7) is 4.46. The molecule has 2 heterocycles. The number of hydrogen-bond acceptors (Lipinski definition) is 2. The predicted octanol–water partition coefficient (Wildman–Crippen LogP) is 2.61. The maximum Gasteiger partial charge on any atom is 0.0978 e. The SMILES string of the molecule is C[C@H]1[C@@H](c2ccccc2)OC[C@@H]2CCCN21. The zero-order valence-electron chi connectivity index (χ0n) is 9.80. The van der Waals surface area contributed by atoms with E-state index >= 15 is 0 Å². The maximum absolute atomic E-state index is 6.05. The molecule has 0 unspecified atom stereocenters. The molecule has 0 bridgehead atoms. The summed E-state index contributed by atoms with van der Waals surface area (Å²) in [5, 5.41) is 0. The second kappa shape index (κ2) is 4.19. The Morgan fingerprint density at radius 1 is 1.25 bits per heavy atom. The molecule has 3 atom stereocenters. The third-order valence-corrected chi connectivity index (χ3v) is 3.98. The molecule has 3 rings (SSSR count). The molecule has 1 aromatic carbocycles. The molecule has 2 aliphatic rings. The fraction of sp³-hybridized carbons (Fsp3) is 0.571. The quantitative estimate of drug-likeness (QED) is 0.717. The summed E-state index contributed by atoms with van der Waals surface area (Å²) in [6, 6.07) is 11.8. The van der Waals surface area contributed by atoms with Crippen molar-refractivity contribution in [1.29, 1.82) is 0 Å². The zero-order chi connectivity index (χ0) is 11.0. The van der Waals surface area contributed by atoms with Crippen LogP contribution in [0.15, 0.2) is 30.3 Å². The van der Waals surface area contributed by atoms with Gasteiger partial charge in [-0.25, -0.2) is 0 Å². The van der Waals surface area contributed by atoms with E-state index in [2.05, 4.69) is 42.2 Å². The van der Waals surface area contributed by atoms with Crippen LogP contribution in [0.4, 0.5) is 0 Å². The van der Waals surface area contributed by atoms with E-state index in [4.69, 9.17) is 4.74 Å². The van der Waals surface area contributed by atoms with Gasteiger partial charge < -0.3 is 4.74 Å².